The molecule has 1 aromatic heterocycles. The summed E-state index contributed by atoms with van der Waals surface area (Å²) in [7, 11) is 0. The molecule has 0 radical (unpaired) electrons. The molecule has 1 aliphatic heterocycles. The van der Waals surface area contributed by atoms with Crippen LogP contribution in [0.3, 0.4) is 0 Å². The number of rotatable bonds is 5. The van der Waals surface area contributed by atoms with Crippen LogP contribution in [0, 0.1) is 13.8 Å². The van der Waals surface area contributed by atoms with E-state index in [1.807, 2.05) is 13.0 Å². The molecule has 0 atom stereocenters. The van der Waals surface area contributed by atoms with Crippen LogP contribution in [0.25, 0.3) is 0 Å². The van der Waals surface area contributed by atoms with Gasteiger partial charge in [0.25, 0.3) is 5.91 Å². The van der Waals surface area contributed by atoms with Gasteiger partial charge in [0.2, 0.25) is 12.7 Å². The standard InChI is InChI=1S/C20H18ClN5O4/c1-11-3-5-15(14(21)7-11)23-20(28)19-12(2)26(25-24-19)9-18(27)22-13-4-6-16-17(8-13)30-10-29-16/h3-8H,9-10H2,1-2H3,(H,22,27)(H,23,28). The minimum Gasteiger partial charge on any atom is -0.454 e. The van der Waals surface area contributed by atoms with Crippen LogP contribution in [0.1, 0.15) is 21.7 Å². The van der Waals surface area contributed by atoms with Crippen molar-refractivity contribution in [2.24, 2.45) is 0 Å². The van der Waals surface area contributed by atoms with Crippen molar-refractivity contribution in [2.45, 2.75) is 20.4 Å². The van der Waals surface area contributed by atoms with Gasteiger partial charge in [-0.3, -0.25) is 9.59 Å². The van der Waals surface area contributed by atoms with Crippen LogP contribution >= 0.6 is 11.6 Å². The van der Waals surface area contributed by atoms with Crippen LogP contribution in [0.15, 0.2) is 36.4 Å². The van der Waals surface area contributed by atoms with Crippen molar-refractivity contribution in [2.75, 3.05) is 17.4 Å². The molecular weight excluding hydrogens is 410 g/mol. The summed E-state index contributed by atoms with van der Waals surface area (Å²) in [5.41, 5.74) is 2.59. The maximum atomic E-state index is 12.6. The second-order valence-corrected chi connectivity index (χ2v) is 7.14. The minimum atomic E-state index is -0.458. The third kappa shape index (κ3) is 4.06. The predicted molar refractivity (Wildman–Crippen MR) is 110 cm³/mol. The van der Waals surface area contributed by atoms with Crippen LogP contribution in [0.4, 0.5) is 11.4 Å². The monoisotopic (exact) mass is 427 g/mol. The predicted octanol–water partition coefficient (Wildman–Crippen LogP) is 3.17. The quantitative estimate of drug-likeness (QED) is 0.647. The number of anilines is 2. The number of ether oxygens (including phenoxy) is 2. The van der Waals surface area contributed by atoms with Gasteiger partial charge in [0.1, 0.15) is 6.54 Å². The number of aryl methyl sites for hydroxylation is 1. The molecule has 10 heteroatoms. The molecular formula is C20H18ClN5O4. The van der Waals surface area contributed by atoms with Gasteiger partial charge in [-0.2, -0.15) is 0 Å². The molecule has 2 aromatic carbocycles. The summed E-state index contributed by atoms with van der Waals surface area (Å²) in [6, 6.07) is 10.4. The highest BCUT2D eigenvalue weighted by Crippen LogP contribution is 2.34. The van der Waals surface area contributed by atoms with E-state index in [0.29, 0.717) is 33.6 Å². The average Bonchev–Trinajstić information content (AvgIpc) is 3.30. The number of benzene rings is 2. The Hall–Kier alpha value is -3.59. The number of amides is 2. The lowest BCUT2D eigenvalue weighted by Gasteiger charge is -2.08. The van der Waals surface area contributed by atoms with E-state index in [4.69, 9.17) is 21.1 Å². The molecule has 9 nitrogen and oxygen atoms in total. The third-order valence-corrected chi connectivity index (χ3v) is 4.83. The van der Waals surface area contributed by atoms with E-state index in [-0.39, 0.29) is 24.9 Å². The first-order valence-electron chi connectivity index (χ1n) is 9.08. The Morgan fingerprint density at radius 2 is 1.90 bits per heavy atom. The van der Waals surface area contributed by atoms with Gasteiger partial charge < -0.3 is 20.1 Å². The molecule has 3 aromatic rings. The molecule has 4 rings (SSSR count). The SMILES string of the molecule is Cc1ccc(NC(=O)c2nnn(CC(=O)Nc3ccc4c(c3)OCO4)c2C)c(Cl)c1. The zero-order valence-electron chi connectivity index (χ0n) is 16.2. The molecule has 0 bridgehead atoms. The molecule has 30 heavy (non-hydrogen) atoms. The number of fused-ring (bicyclic) bond motifs is 1. The molecule has 0 saturated carbocycles. The number of nitrogens with one attached hydrogen (secondary N) is 2. The van der Waals surface area contributed by atoms with Crippen molar-refractivity contribution in [1.29, 1.82) is 0 Å². The van der Waals surface area contributed by atoms with E-state index < -0.39 is 5.91 Å². The molecule has 154 valence electrons. The highest BCUT2D eigenvalue weighted by Gasteiger charge is 2.19. The van der Waals surface area contributed by atoms with Crippen LogP contribution in [-0.2, 0) is 11.3 Å². The van der Waals surface area contributed by atoms with E-state index in [0.717, 1.165) is 5.56 Å². The van der Waals surface area contributed by atoms with E-state index in [2.05, 4.69) is 20.9 Å². The van der Waals surface area contributed by atoms with Gasteiger partial charge in [0.05, 0.1) is 16.4 Å². The van der Waals surface area contributed by atoms with E-state index in [9.17, 15) is 9.59 Å². The van der Waals surface area contributed by atoms with Crippen molar-refractivity contribution in [3.8, 4) is 11.5 Å². The molecule has 0 unspecified atom stereocenters. The zero-order valence-corrected chi connectivity index (χ0v) is 17.0. The Kier molecular flexibility index (Phi) is 5.28. The van der Waals surface area contributed by atoms with Crippen molar-refractivity contribution in [1.82, 2.24) is 15.0 Å². The zero-order chi connectivity index (χ0) is 21.3. The summed E-state index contributed by atoms with van der Waals surface area (Å²) < 4.78 is 11.9. The lowest BCUT2D eigenvalue weighted by molar-refractivity contribution is -0.117. The maximum Gasteiger partial charge on any atom is 0.278 e. The third-order valence-electron chi connectivity index (χ3n) is 4.52. The number of carbonyl (C=O) groups excluding carboxylic acids is 2. The Bertz CT molecular complexity index is 1140. The van der Waals surface area contributed by atoms with Crippen LogP contribution in [-0.4, -0.2) is 33.6 Å². The van der Waals surface area contributed by atoms with Gasteiger partial charge >= 0.3 is 0 Å². The van der Waals surface area contributed by atoms with Gasteiger partial charge in [-0.15, -0.1) is 5.10 Å². The number of aromatic nitrogens is 3. The fourth-order valence-electron chi connectivity index (χ4n) is 2.93. The maximum absolute atomic E-state index is 12.6. The van der Waals surface area contributed by atoms with Crippen molar-refractivity contribution in [3.05, 3.63) is 58.4 Å². The smallest absolute Gasteiger partial charge is 0.278 e. The molecule has 2 amide bonds. The largest absolute Gasteiger partial charge is 0.454 e. The van der Waals surface area contributed by atoms with Gasteiger partial charge in [0.15, 0.2) is 17.2 Å². The van der Waals surface area contributed by atoms with Crippen molar-refractivity contribution in [3.63, 3.8) is 0 Å². The molecule has 2 heterocycles. The van der Waals surface area contributed by atoms with Gasteiger partial charge in [-0.1, -0.05) is 22.9 Å². The summed E-state index contributed by atoms with van der Waals surface area (Å²) in [6.07, 6.45) is 0. The highest BCUT2D eigenvalue weighted by atomic mass is 35.5. The first-order valence-corrected chi connectivity index (χ1v) is 9.45. The molecule has 0 aliphatic carbocycles. The molecule has 1 aliphatic rings. The van der Waals surface area contributed by atoms with Gasteiger partial charge in [-0.05, 0) is 43.7 Å². The molecule has 2 N–H and O–H groups in total. The summed E-state index contributed by atoms with van der Waals surface area (Å²) in [5, 5.41) is 13.7. The topological polar surface area (TPSA) is 107 Å². The Labute approximate surface area is 176 Å². The van der Waals surface area contributed by atoms with Crippen molar-refractivity contribution < 1.29 is 19.1 Å². The minimum absolute atomic E-state index is 0.105. The van der Waals surface area contributed by atoms with E-state index in [1.165, 1.54) is 4.68 Å². The summed E-state index contributed by atoms with van der Waals surface area (Å²) in [6.45, 7) is 3.62. The Morgan fingerprint density at radius 3 is 2.70 bits per heavy atom. The van der Waals surface area contributed by atoms with Crippen LogP contribution in [0.5, 0.6) is 11.5 Å². The fraction of sp³-hybridized carbons (Fsp3) is 0.200. The normalized spacial score (nSPS) is 12.0. The van der Waals surface area contributed by atoms with Crippen molar-refractivity contribution >= 4 is 34.8 Å². The number of nitrogens with zero attached hydrogens (tertiary/aromatic N) is 3. The number of hydrogen-bond acceptors (Lipinski definition) is 6. The summed E-state index contributed by atoms with van der Waals surface area (Å²) in [4.78, 5) is 24.9. The first kappa shape index (κ1) is 19.7. The Morgan fingerprint density at radius 1 is 1.10 bits per heavy atom. The van der Waals surface area contributed by atoms with E-state index in [1.54, 1.807) is 37.3 Å². The molecule has 0 spiro atoms. The number of halogens is 1. The second-order valence-electron chi connectivity index (χ2n) is 6.73. The number of carbonyl (C=O) groups is 2. The molecule has 0 fully saturated rings. The summed E-state index contributed by atoms with van der Waals surface area (Å²) >= 11 is 6.16. The number of hydrogen-bond donors (Lipinski definition) is 2. The van der Waals surface area contributed by atoms with E-state index >= 15 is 0 Å². The lowest BCUT2D eigenvalue weighted by atomic mass is 10.2. The van der Waals surface area contributed by atoms with Crippen LogP contribution in [0.2, 0.25) is 5.02 Å². The fourth-order valence-corrected chi connectivity index (χ4v) is 3.22. The lowest BCUT2D eigenvalue weighted by Crippen LogP contribution is -2.21. The average molecular weight is 428 g/mol. The summed E-state index contributed by atoms with van der Waals surface area (Å²) in [5.74, 6) is 0.416. The highest BCUT2D eigenvalue weighted by molar-refractivity contribution is 6.34. The second kappa shape index (κ2) is 8.03. The van der Waals surface area contributed by atoms with Gasteiger partial charge in [0, 0.05) is 11.8 Å². The van der Waals surface area contributed by atoms with Crippen LogP contribution < -0.4 is 20.1 Å². The molecule has 0 saturated heterocycles. The van der Waals surface area contributed by atoms with Gasteiger partial charge in [-0.25, -0.2) is 4.68 Å². The first-order chi connectivity index (χ1) is 14.4. The Balaban J connectivity index is 1.42.